The number of rotatable bonds is 16. The standard InChI is InChI=1S/C32H53NO2/c1-25(15-10-16-26(2)18-12-20-28(4)22-14-24-30(6)34)17-11-19-27(3)21-13-23-29(5)31(35)33-32(7,8)9/h15,18-19,22-23H,10-14,16-17,20-21,24H2,1-9H3,(H,33,35). The van der Waals surface area contributed by atoms with Gasteiger partial charge >= 0.3 is 0 Å². The van der Waals surface area contributed by atoms with Crippen LogP contribution in [-0.2, 0) is 9.59 Å². The molecule has 0 aliphatic rings. The van der Waals surface area contributed by atoms with Crippen LogP contribution in [0.25, 0.3) is 0 Å². The summed E-state index contributed by atoms with van der Waals surface area (Å²) >= 11 is 0. The van der Waals surface area contributed by atoms with Gasteiger partial charge in [0.05, 0.1) is 0 Å². The fourth-order valence-electron chi connectivity index (χ4n) is 3.62. The summed E-state index contributed by atoms with van der Waals surface area (Å²) in [5.74, 6) is 0.291. The molecule has 3 nitrogen and oxygen atoms in total. The second-order valence-corrected chi connectivity index (χ2v) is 11.2. The van der Waals surface area contributed by atoms with Crippen LogP contribution < -0.4 is 5.32 Å². The van der Waals surface area contributed by atoms with Crippen LogP contribution in [0.2, 0.25) is 0 Å². The van der Waals surface area contributed by atoms with Crippen LogP contribution in [-0.4, -0.2) is 17.2 Å². The number of Topliss-reactive ketones (excluding diaryl/α,β-unsaturated/α-hetero) is 1. The van der Waals surface area contributed by atoms with Crippen LogP contribution in [0.1, 0.15) is 127 Å². The molecule has 0 atom stereocenters. The van der Waals surface area contributed by atoms with Crippen LogP contribution in [0.4, 0.5) is 0 Å². The topological polar surface area (TPSA) is 46.2 Å². The minimum absolute atomic E-state index is 0.0260. The molecule has 0 spiro atoms. The van der Waals surface area contributed by atoms with Crippen molar-refractivity contribution in [3.63, 3.8) is 0 Å². The Labute approximate surface area is 216 Å². The molecule has 0 unspecified atom stereocenters. The van der Waals surface area contributed by atoms with Crippen LogP contribution in [0, 0.1) is 0 Å². The highest BCUT2D eigenvalue weighted by atomic mass is 16.1. The van der Waals surface area contributed by atoms with Gasteiger partial charge in [-0.1, -0.05) is 52.7 Å². The number of amides is 1. The van der Waals surface area contributed by atoms with Gasteiger partial charge in [0.2, 0.25) is 5.91 Å². The third-order valence-electron chi connectivity index (χ3n) is 5.92. The summed E-state index contributed by atoms with van der Waals surface area (Å²) in [5, 5.41) is 3.01. The maximum absolute atomic E-state index is 12.1. The van der Waals surface area contributed by atoms with Gasteiger partial charge in [0, 0.05) is 17.5 Å². The van der Waals surface area contributed by atoms with E-state index in [2.05, 4.69) is 57.3 Å². The molecule has 35 heavy (non-hydrogen) atoms. The SMILES string of the molecule is CC(=O)CCC=C(C)CCC=C(C)CCC=C(C)CCC=C(C)CCC=C(C)C(=O)NC(C)(C)C. The van der Waals surface area contributed by atoms with Crippen molar-refractivity contribution in [1.29, 1.82) is 0 Å². The number of carbonyl (C=O) groups is 2. The average molecular weight is 484 g/mol. The molecule has 0 aromatic carbocycles. The van der Waals surface area contributed by atoms with Crippen LogP contribution >= 0.6 is 0 Å². The summed E-state index contributed by atoms with van der Waals surface area (Å²) in [6, 6.07) is 0. The Morgan fingerprint density at radius 2 is 0.857 bits per heavy atom. The molecule has 0 aliphatic carbocycles. The maximum Gasteiger partial charge on any atom is 0.246 e. The van der Waals surface area contributed by atoms with Gasteiger partial charge in [0.1, 0.15) is 5.78 Å². The predicted octanol–water partition coefficient (Wildman–Crippen LogP) is 9.12. The number of carbonyl (C=O) groups excluding carboxylic acids is 2. The minimum atomic E-state index is -0.197. The monoisotopic (exact) mass is 483 g/mol. The largest absolute Gasteiger partial charge is 0.348 e. The van der Waals surface area contributed by atoms with Crippen molar-refractivity contribution in [3.05, 3.63) is 58.2 Å². The summed E-state index contributed by atoms with van der Waals surface area (Å²) in [7, 11) is 0. The van der Waals surface area contributed by atoms with Gasteiger partial charge in [-0.05, 0) is 120 Å². The van der Waals surface area contributed by atoms with Crippen molar-refractivity contribution in [3.8, 4) is 0 Å². The molecule has 0 aromatic rings. The Hall–Kier alpha value is -2.16. The lowest BCUT2D eigenvalue weighted by molar-refractivity contribution is -0.119. The van der Waals surface area contributed by atoms with E-state index in [0.717, 1.165) is 63.4 Å². The highest BCUT2D eigenvalue weighted by Crippen LogP contribution is 2.15. The first-order chi connectivity index (χ1) is 16.3. The summed E-state index contributed by atoms with van der Waals surface area (Å²) in [6.45, 7) is 18.4. The van der Waals surface area contributed by atoms with Gasteiger partial charge in [-0.25, -0.2) is 0 Å². The van der Waals surface area contributed by atoms with Crippen molar-refractivity contribution >= 4 is 11.7 Å². The molecule has 0 rings (SSSR count). The summed E-state index contributed by atoms with van der Waals surface area (Å²) in [5.41, 5.74) is 6.29. The van der Waals surface area contributed by atoms with Gasteiger partial charge in [-0.3, -0.25) is 4.79 Å². The quantitative estimate of drug-likeness (QED) is 0.176. The third kappa shape index (κ3) is 20.9. The maximum atomic E-state index is 12.1. The molecule has 0 aromatic heterocycles. The molecule has 0 heterocycles. The van der Waals surface area contributed by atoms with E-state index in [1.807, 2.05) is 33.8 Å². The second kappa shape index (κ2) is 18.2. The lowest BCUT2D eigenvalue weighted by Gasteiger charge is -2.20. The lowest BCUT2D eigenvalue weighted by Crippen LogP contribution is -2.40. The Kier molecular flexibility index (Phi) is 17.0. The fraction of sp³-hybridized carbons (Fsp3) is 0.625. The Morgan fingerprint density at radius 1 is 0.543 bits per heavy atom. The number of ketones is 1. The van der Waals surface area contributed by atoms with Gasteiger partial charge in [0.25, 0.3) is 0 Å². The van der Waals surface area contributed by atoms with Gasteiger partial charge < -0.3 is 10.1 Å². The highest BCUT2D eigenvalue weighted by molar-refractivity contribution is 5.93. The van der Waals surface area contributed by atoms with Crippen LogP contribution in [0.5, 0.6) is 0 Å². The highest BCUT2D eigenvalue weighted by Gasteiger charge is 2.14. The molecule has 3 heteroatoms. The molecule has 0 saturated heterocycles. The van der Waals surface area contributed by atoms with E-state index >= 15 is 0 Å². The molecular formula is C32H53NO2. The predicted molar refractivity (Wildman–Crippen MR) is 154 cm³/mol. The van der Waals surface area contributed by atoms with Crippen molar-refractivity contribution in [1.82, 2.24) is 5.32 Å². The van der Waals surface area contributed by atoms with E-state index in [0.29, 0.717) is 6.42 Å². The van der Waals surface area contributed by atoms with Gasteiger partial charge in [-0.15, -0.1) is 0 Å². The fourth-order valence-corrected chi connectivity index (χ4v) is 3.62. The number of nitrogens with one attached hydrogen (secondary N) is 1. The first kappa shape index (κ1) is 32.8. The molecule has 198 valence electrons. The van der Waals surface area contributed by atoms with E-state index in [1.165, 1.54) is 22.3 Å². The first-order valence-electron chi connectivity index (χ1n) is 13.4. The van der Waals surface area contributed by atoms with E-state index in [-0.39, 0.29) is 17.2 Å². The number of allylic oxidation sites excluding steroid dienone is 9. The van der Waals surface area contributed by atoms with Crippen molar-refractivity contribution in [2.45, 2.75) is 132 Å². The van der Waals surface area contributed by atoms with Gasteiger partial charge in [-0.2, -0.15) is 0 Å². The summed E-state index contributed by atoms with van der Waals surface area (Å²) < 4.78 is 0. The average Bonchev–Trinajstić information content (AvgIpc) is 2.72. The number of hydrogen-bond donors (Lipinski definition) is 1. The molecular weight excluding hydrogens is 430 g/mol. The molecule has 0 bridgehead atoms. The van der Waals surface area contributed by atoms with Crippen LogP contribution in [0.15, 0.2) is 58.2 Å². The lowest BCUT2D eigenvalue weighted by atomic mass is 10.0. The van der Waals surface area contributed by atoms with E-state index in [4.69, 9.17) is 0 Å². The third-order valence-corrected chi connectivity index (χ3v) is 5.92. The Balaban J connectivity index is 4.23. The van der Waals surface area contributed by atoms with E-state index < -0.39 is 0 Å². The molecule has 0 fully saturated rings. The second-order valence-electron chi connectivity index (χ2n) is 11.2. The summed E-state index contributed by atoms with van der Waals surface area (Å²) in [4.78, 5) is 23.1. The zero-order chi connectivity index (χ0) is 26.9. The molecule has 0 radical (unpaired) electrons. The Morgan fingerprint density at radius 3 is 1.17 bits per heavy atom. The molecule has 1 amide bonds. The first-order valence-corrected chi connectivity index (χ1v) is 13.4. The molecule has 1 N–H and O–H groups in total. The van der Waals surface area contributed by atoms with Crippen molar-refractivity contribution < 1.29 is 9.59 Å². The normalized spacial score (nSPS) is 14.4. The number of hydrogen-bond acceptors (Lipinski definition) is 2. The molecule has 0 saturated carbocycles. The smallest absolute Gasteiger partial charge is 0.246 e. The van der Waals surface area contributed by atoms with E-state index in [1.54, 1.807) is 6.92 Å². The van der Waals surface area contributed by atoms with Crippen molar-refractivity contribution in [2.75, 3.05) is 0 Å². The zero-order valence-electron chi connectivity index (χ0n) is 24.3. The summed E-state index contributed by atoms with van der Waals surface area (Å²) in [6.07, 6.45) is 21.3. The molecule has 0 aliphatic heterocycles. The van der Waals surface area contributed by atoms with E-state index in [9.17, 15) is 9.59 Å². The van der Waals surface area contributed by atoms with Gasteiger partial charge in [0.15, 0.2) is 0 Å². The Bertz CT molecular complexity index is 813. The zero-order valence-corrected chi connectivity index (χ0v) is 24.3. The minimum Gasteiger partial charge on any atom is -0.348 e. The van der Waals surface area contributed by atoms with Crippen LogP contribution in [0.3, 0.4) is 0 Å². The van der Waals surface area contributed by atoms with Crippen molar-refractivity contribution in [2.24, 2.45) is 0 Å².